The third-order valence-corrected chi connectivity index (χ3v) is 4.00. The largest absolute Gasteiger partial charge is 0.497 e. The molecule has 3 nitrogen and oxygen atoms in total. The van der Waals surface area contributed by atoms with Gasteiger partial charge in [-0.1, -0.05) is 0 Å². The zero-order valence-corrected chi connectivity index (χ0v) is 11.7. The van der Waals surface area contributed by atoms with Gasteiger partial charge in [0.2, 0.25) is 0 Å². The van der Waals surface area contributed by atoms with E-state index in [0.29, 0.717) is 5.69 Å². The molecule has 0 fully saturated rings. The Morgan fingerprint density at radius 3 is 2.61 bits per heavy atom. The Labute approximate surface area is 112 Å². The van der Waals surface area contributed by atoms with Gasteiger partial charge in [0.05, 0.1) is 24.5 Å². The van der Waals surface area contributed by atoms with Crippen molar-refractivity contribution in [3.63, 3.8) is 0 Å². The van der Waals surface area contributed by atoms with Crippen LogP contribution in [0.1, 0.15) is 22.7 Å². The van der Waals surface area contributed by atoms with E-state index >= 15 is 0 Å². The summed E-state index contributed by atoms with van der Waals surface area (Å²) in [5.74, 6) is 0.776. The highest BCUT2D eigenvalue weighted by Crippen LogP contribution is 2.30. The van der Waals surface area contributed by atoms with Crippen LogP contribution in [0, 0.1) is 6.92 Å². The van der Waals surface area contributed by atoms with Crippen LogP contribution in [0.2, 0.25) is 0 Å². The van der Waals surface area contributed by atoms with Crippen LogP contribution in [-0.4, -0.2) is 7.11 Å². The van der Waals surface area contributed by atoms with Gasteiger partial charge in [-0.05, 0) is 38.1 Å². The predicted molar refractivity (Wildman–Crippen MR) is 78.5 cm³/mol. The molecule has 1 aromatic heterocycles. The summed E-state index contributed by atoms with van der Waals surface area (Å²) in [5.41, 5.74) is 7.63. The second-order valence-electron chi connectivity index (χ2n) is 4.27. The molecule has 3 N–H and O–H groups in total. The molecule has 0 spiro atoms. The monoisotopic (exact) mass is 262 g/mol. The lowest BCUT2D eigenvalue weighted by Crippen LogP contribution is -2.07. The van der Waals surface area contributed by atoms with Crippen molar-refractivity contribution >= 4 is 22.7 Å². The van der Waals surface area contributed by atoms with Crippen molar-refractivity contribution in [2.24, 2.45) is 0 Å². The molecule has 0 amide bonds. The molecule has 4 heteroatoms. The fraction of sp³-hybridized carbons (Fsp3) is 0.286. The minimum Gasteiger partial charge on any atom is -0.497 e. The van der Waals surface area contributed by atoms with Gasteiger partial charge in [-0.25, -0.2) is 0 Å². The molecule has 2 aromatic rings. The second-order valence-corrected chi connectivity index (χ2v) is 5.59. The number of benzene rings is 1. The number of rotatable bonds is 4. The van der Waals surface area contributed by atoms with Crippen molar-refractivity contribution in [3.05, 3.63) is 40.1 Å². The quantitative estimate of drug-likeness (QED) is 0.823. The number of thiophene rings is 1. The van der Waals surface area contributed by atoms with Crippen molar-refractivity contribution in [2.75, 3.05) is 18.2 Å². The molecular formula is C14H18N2OS. The van der Waals surface area contributed by atoms with Gasteiger partial charge in [0.1, 0.15) is 5.75 Å². The number of hydrogen-bond donors (Lipinski definition) is 2. The molecule has 0 radical (unpaired) electrons. The van der Waals surface area contributed by atoms with Crippen molar-refractivity contribution in [1.82, 2.24) is 0 Å². The van der Waals surface area contributed by atoms with Crippen LogP contribution < -0.4 is 15.8 Å². The summed E-state index contributed by atoms with van der Waals surface area (Å²) in [6, 6.07) is 10.2. The highest BCUT2D eigenvalue weighted by Gasteiger charge is 2.09. The summed E-state index contributed by atoms with van der Waals surface area (Å²) in [5, 5.41) is 3.42. The van der Waals surface area contributed by atoms with E-state index in [4.69, 9.17) is 10.5 Å². The summed E-state index contributed by atoms with van der Waals surface area (Å²) < 4.78 is 5.14. The first-order valence-corrected chi connectivity index (χ1v) is 6.68. The molecule has 0 aliphatic rings. The average molecular weight is 262 g/mol. The van der Waals surface area contributed by atoms with Gasteiger partial charge >= 0.3 is 0 Å². The maximum Gasteiger partial charge on any atom is 0.121 e. The molecule has 1 unspecified atom stereocenters. The molecule has 1 aromatic carbocycles. The number of aryl methyl sites for hydroxylation is 1. The predicted octanol–water partition coefficient (Wildman–Crippen LogP) is 3.82. The average Bonchev–Trinajstić information content (AvgIpc) is 2.78. The number of nitrogens with one attached hydrogen (secondary N) is 1. The molecule has 18 heavy (non-hydrogen) atoms. The van der Waals surface area contributed by atoms with E-state index in [-0.39, 0.29) is 6.04 Å². The van der Waals surface area contributed by atoms with Crippen LogP contribution in [0.5, 0.6) is 5.75 Å². The molecule has 1 heterocycles. The van der Waals surface area contributed by atoms with E-state index in [9.17, 15) is 0 Å². The van der Waals surface area contributed by atoms with Gasteiger partial charge in [0, 0.05) is 15.8 Å². The van der Waals surface area contributed by atoms with Crippen LogP contribution in [0.3, 0.4) is 0 Å². The zero-order valence-electron chi connectivity index (χ0n) is 10.9. The van der Waals surface area contributed by atoms with Crippen molar-refractivity contribution < 1.29 is 4.74 Å². The van der Waals surface area contributed by atoms with E-state index in [0.717, 1.165) is 11.4 Å². The second kappa shape index (κ2) is 5.31. The molecule has 0 saturated heterocycles. The highest BCUT2D eigenvalue weighted by molar-refractivity contribution is 7.12. The Morgan fingerprint density at radius 2 is 2.06 bits per heavy atom. The van der Waals surface area contributed by atoms with Gasteiger partial charge in [-0.2, -0.15) is 0 Å². The number of nitrogens with two attached hydrogens (primary N) is 1. The first-order valence-electron chi connectivity index (χ1n) is 5.86. The smallest absolute Gasteiger partial charge is 0.121 e. The number of nitrogen functional groups attached to an aromatic ring is 1. The molecule has 0 aliphatic carbocycles. The summed E-state index contributed by atoms with van der Waals surface area (Å²) in [4.78, 5) is 2.63. The fourth-order valence-corrected chi connectivity index (χ4v) is 2.67. The molecule has 0 saturated carbocycles. The summed E-state index contributed by atoms with van der Waals surface area (Å²) in [7, 11) is 1.64. The maximum absolute atomic E-state index is 5.99. The minimum absolute atomic E-state index is 0.249. The van der Waals surface area contributed by atoms with Gasteiger partial charge in [-0.15, -0.1) is 11.3 Å². The summed E-state index contributed by atoms with van der Waals surface area (Å²) in [6.07, 6.45) is 0. The number of ether oxygens (including phenoxy) is 1. The zero-order chi connectivity index (χ0) is 13.1. The van der Waals surface area contributed by atoms with E-state index in [1.807, 2.05) is 18.2 Å². The first-order chi connectivity index (χ1) is 8.60. The lowest BCUT2D eigenvalue weighted by molar-refractivity contribution is 0.415. The number of hydrogen-bond acceptors (Lipinski definition) is 4. The Hall–Kier alpha value is -1.68. The maximum atomic E-state index is 5.99. The lowest BCUT2D eigenvalue weighted by atomic mass is 10.2. The summed E-state index contributed by atoms with van der Waals surface area (Å²) >= 11 is 1.80. The molecule has 1 atom stereocenters. The highest BCUT2D eigenvalue weighted by atomic mass is 32.1. The third-order valence-electron chi connectivity index (χ3n) is 2.82. The van der Waals surface area contributed by atoms with E-state index in [1.54, 1.807) is 18.4 Å². The molecule has 96 valence electrons. The van der Waals surface area contributed by atoms with Gasteiger partial charge < -0.3 is 15.8 Å². The van der Waals surface area contributed by atoms with E-state index in [2.05, 4.69) is 31.3 Å². The van der Waals surface area contributed by atoms with Crippen molar-refractivity contribution in [3.8, 4) is 5.75 Å². The molecule has 0 bridgehead atoms. The standard InChI is InChI=1S/C14H18N2OS/c1-9-4-7-14(18-9)10(2)16-13-6-5-11(17-3)8-12(13)15/h4-8,10,16H,15H2,1-3H3. The summed E-state index contributed by atoms with van der Waals surface area (Å²) in [6.45, 7) is 4.25. The first kappa shape index (κ1) is 12.8. The van der Waals surface area contributed by atoms with Crippen LogP contribution in [0.15, 0.2) is 30.3 Å². The third kappa shape index (κ3) is 2.76. The van der Waals surface area contributed by atoms with Gasteiger partial charge in [0.15, 0.2) is 0 Å². The van der Waals surface area contributed by atoms with Crippen LogP contribution >= 0.6 is 11.3 Å². The van der Waals surface area contributed by atoms with Crippen LogP contribution in [0.25, 0.3) is 0 Å². The number of methoxy groups -OCH3 is 1. The number of anilines is 2. The Balaban J connectivity index is 2.14. The Kier molecular flexibility index (Phi) is 3.77. The lowest BCUT2D eigenvalue weighted by Gasteiger charge is -2.16. The normalized spacial score (nSPS) is 12.2. The van der Waals surface area contributed by atoms with Gasteiger partial charge in [0.25, 0.3) is 0 Å². The van der Waals surface area contributed by atoms with E-state index in [1.165, 1.54) is 9.75 Å². The molecule has 0 aliphatic heterocycles. The molecular weight excluding hydrogens is 244 g/mol. The van der Waals surface area contributed by atoms with E-state index < -0.39 is 0 Å². The molecule has 2 rings (SSSR count). The minimum atomic E-state index is 0.249. The Bertz CT molecular complexity index is 536. The topological polar surface area (TPSA) is 47.3 Å². The van der Waals surface area contributed by atoms with Crippen LogP contribution in [0.4, 0.5) is 11.4 Å². The van der Waals surface area contributed by atoms with Gasteiger partial charge in [-0.3, -0.25) is 0 Å². The van der Waals surface area contributed by atoms with Crippen molar-refractivity contribution in [2.45, 2.75) is 19.9 Å². The van der Waals surface area contributed by atoms with Crippen LogP contribution in [-0.2, 0) is 0 Å². The Morgan fingerprint density at radius 1 is 1.28 bits per heavy atom. The van der Waals surface area contributed by atoms with Crippen molar-refractivity contribution in [1.29, 1.82) is 0 Å². The SMILES string of the molecule is COc1ccc(NC(C)c2ccc(C)s2)c(N)c1. The fourth-order valence-electron chi connectivity index (χ4n) is 1.79.